The van der Waals surface area contributed by atoms with E-state index >= 15 is 0 Å². The Hall–Kier alpha value is 0.137. The van der Waals surface area contributed by atoms with Crippen molar-refractivity contribution in [2.75, 3.05) is 14.1 Å². The first-order valence-electron chi connectivity index (χ1n) is 4.05. The number of nitrogens with one attached hydrogen (secondary N) is 2. The van der Waals surface area contributed by atoms with E-state index in [1.165, 1.54) is 6.42 Å². The van der Waals surface area contributed by atoms with Crippen LogP contribution in [0.4, 0.5) is 0 Å². The Morgan fingerprint density at radius 3 is 1.60 bits per heavy atom. The number of rotatable bonds is 2. The summed E-state index contributed by atoms with van der Waals surface area (Å²) >= 11 is 0. The Labute approximate surface area is 64.6 Å². The number of hydrogen-bond donors (Lipinski definition) is 2. The molecule has 3 heteroatoms. The average molecular weight is 158 g/mol. The summed E-state index contributed by atoms with van der Waals surface area (Å²) in [6, 6.07) is 0. The SMILES string of the molecule is CN[Si]1(NC)C(C)CC1C. The molecule has 0 aliphatic carbocycles. The molecule has 0 spiro atoms. The molecule has 60 valence electrons. The van der Waals surface area contributed by atoms with E-state index in [-0.39, 0.29) is 0 Å². The van der Waals surface area contributed by atoms with Crippen LogP contribution in [0.25, 0.3) is 0 Å². The van der Waals surface area contributed by atoms with E-state index in [1.807, 2.05) is 0 Å². The molecular formula is C7H18N2Si. The molecule has 1 aliphatic heterocycles. The minimum atomic E-state index is -1.20. The van der Waals surface area contributed by atoms with Crippen LogP contribution in [-0.4, -0.2) is 22.5 Å². The van der Waals surface area contributed by atoms with E-state index in [2.05, 4.69) is 37.9 Å². The van der Waals surface area contributed by atoms with Gasteiger partial charge in [0.2, 0.25) is 8.40 Å². The quantitative estimate of drug-likeness (QED) is 0.587. The van der Waals surface area contributed by atoms with Crippen LogP contribution >= 0.6 is 0 Å². The predicted octanol–water partition coefficient (Wildman–Crippen LogP) is 1.05. The Kier molecular flexibility index (Phi) is 2.17. The lowest BCUT2D eigenvalue weighted by Crippen LogP contribution is -2.70. The fourth-order valence-electron chi connectivity index (χ4n) is 2.34. The van der Waals surface area contributed by atoms with E-state index in [9.17, 15) is 0 Å². The zero-order valence-corrected chi connectivity index (χ0v) is 8.36. The first kappa shape index (κ1) is 8.24. The van der Waals surface area contributed by atoms with Crippen LogP contribution in [0.15, 0.2) is 0 Å². The summed E-state index contributed by atoms with van der Waals surface area (Å²) in [5.41, 5.74) is 1.80. The van der Waals surface area contributed by atoms with Crippen LogP contribution in [0, 0.1) is 0 Å². The van der Waals surface area contributed by atoms with Gasteiger partial charge in [-0.05, 0) is 31.6 Å². The second-order valence-electron chi connectivity index (χ2n) is 3.41. The lowest BCUT2D eigenvalue weighted by atomic mass is 10.2. The second-order valence-corrected chi connectivity index (χ2v) is 8.12. The van der Waals surface area contributed by atoms with Crippen LogP contribution < -0.4 is 9.96 Å². The van der Waals surface area contributed by atoms with Gasteiger partial charge in [-0.25, -0.2) is 0 Å². The van der Waals surface area contributed by atoms with Gasteiger partial charge < -0.3 is 9.96 Å². The highest BCUT2D eigenvalue weighted by molar-refractivity contribution is 6.80. The Balaban J connectivity index is 2.61. The first-order valence-corrected chi connectivity index (χ1v) is 6.20. The molecule has 2 atom stereocenters. The van der Waals surface area contributed by atoms with Crippen molar-refractivity contribution in [2.24, 2.45) is 0 Å². The van der Waals surface area contributed by atoms with Crippen molar-refractivity contribution in [3.8, 4) is 0 Å². The minimum Gasteiger partial charge on any atom is -0.328 e. The normalized spacial score (nSPS) is 37.2. The van der Waals surface area contributed by atoms with Gasteiger partial charge in [0.1, 0.15) is 0 Å². The lowest BCUT2D eigenvalue weighted by Gasteiger charge is -2.50. The fraction of sp³-hybridized carbons (Fsp3) is 1.00. The first-order chi connectivity index (χ1) is 4.67. The predicted molar refractivity (Wildman–Crippen MR) is 47.3 cm³/mol. The molecule has 1 aliphatic rings. The number of hydrogen-bond acceptors (Lipinski definition) is 2. The summed E-state index contributed by atoms with van der Waals surface area (Å²) < 4.78 is 0. The molecule has 1 fully saturated rings. The molecule has 2 N–H and O–H groups in total. The van der Waals surface area contributed by atoms with E-state index in [0.29, 0.717) is 0 Å². The van der Waals surface area contributed by atoms with Crippen molar-refractivity contribution < 1.29 is 0 Å². The second kappa shape index (κ2) is 2.64. The van der Waals surface area contributed by atoms with Crippen molar-refractivity contribution >= 4 is 8.40 Å². The molecule has 0 saturated carbocycles. The minimum absolute atomic E-state index is 0.900. The van der Waals surface area contributed by atoms with Gasteiger partial charge in [0.25, 0.3) is 0 Å². The third-order valence-electron chi connectivity index (χ3n) is 3.09. The smallest absolute Gasteiger partial charge is 0.206 e. The standard InChI is InChI=1S/C7H18N2Si/c1-6-5-7(2)10(6,8-3)9-4/h6-9H,5H2,1-4H3. The molecule has 2 unspecified atom stereocenters. The summed E-state index contributed by atoms with van der Waals surface area (Å²) in [4.78, 5) is 6.98. The molecule has 1 heterocycles. The van der Waals surface area contributed by atoms with Crippen molar-refractivity contribution in [1.29, 1.82) is 0 Å². The van der Waals surface area contributed by atoms with Crippen molar-refractivity contribution in [2.45, 2.75) is 31.4 Å². The van der Waals surface area contributed by atoms with E-state index in [4.69, 9.17) is 0 Å². The summed E-state index contributed by atoms with van der Waals surface area (Å²) in [5.74, 6) is 0. The maximum atomic E-state index is 3.49. The zero-order chi connectivity index (χ0) is 7.78. The largest absolute Gasteiger partial charge is 0.328 e. The van der Waals surface area contributed by atoms with Crippen LogP contribution in [0.2, 0.25) is 11.1 Å². The highest BCUT2D eigenvalue weighted by atomic mass is 28.3. The van der Waals surface area contributed by atoms with Gasteiger partial charge in [0.15, 0.2) is 0 Å². The molecule has 10 heavy (non-hydrogen) atoms. The molecule has 1 saturated heterocycles. The summed E-state index contributed by atoms with van der Waals surface area (Å²) in [5, 5.41) is 0. The van der Waals surface area contributed by atoms with E-state index in [1.54, 1.807) is 0 Å². The molecule has 0 bridgehead atoms. The summed E-state index contributed by atoms with van der Waals surface area (Å²) in [7, 11) is 2.99. The van der Waals surface area contributed by atoms with E-state index < -0.39 is 8.40 Å². The molecule has 0 amide bonds. The lowest BCUT2D eigenvalue weighted by molar-refractivity contribution is 0.566. The highest BCUT2D eigenvalue weighted by Crippen LogP contribution is 2.46. The molecule has 0 aromatic rings. The van der Waals surface area contributed by atoms with Gasteiger partial charge in [-0.15, -0.1) is 0 Å². The third-order valence-corrected chi connectivity index (χ3v) is 8.32. The summed E-state index contributed by atoms with van der Waals surface area (Å²) in [6.07, 6.45) is 1.40. The zero-order valence-electron chi connectivity index (χ0n) is 7.36. The topological polar surface area (TPSA) is 24.1 Å². The fourth-order valence-corrected chi connectivity index (χ4v) is 6.54. The van der Waals surface area contributed by atoms with Crippen molar-refractivity contribution in [3.05, 3.63) is 0 Å². The summed E-state index contributed by atoms with van der Waals surface area (Å²) in [6.45, 7) is 4.69. The maximum absolute atomic E-state index is 3.49. The van der Waals surface area contributed by atoms with Gasteiger partial charge >= 0.3 is 0 Å². The maximum Gasteiger partial charge on any atom is 0.206 e. The van der Waals surface area contributed by atoms with Crippen molar-refractivity contribution in [3.63, 3.8) is 0 Å². The van der Waals surface area contributed by atoms with Crippen LogP contribution in [0.5, 0.6) is 0 Å². The van der Waals surface area contributed by atoms with E-state index in [0.717, 1.165) is 11.1 Å². The molecule has 1 rings (SSSR count). The highest BCUT2D eigenvalue weighted by Gasteiger charge is 2.51. The Bertz CT molecular complexity index is 113. The van der Waals surface area contributed by atoms with Gasteiger partial charge in [0, 0.05) is 0 Å². The monoisotopic (exact) mass is 158 g/mol. The molecule has 0 aromatic carbocycles. The van der Waals surface area contributed by atoms with Crippen LogP contribution in [0.3, 0.4) is 0 Å². The average Bonchev–Trinajstić information content (AvgIpc) is 1.91. The van der Waals surface area contributed by atoms with Crippen molar-refractivity contribution in [1.82, 2.24) is 9.96 Å². The molecule has 0 aromatic heterocycles. The molecule has 2 nitrogen and oxygen atoms in total. The van der Waals surface area contributed by atoms with Gasteiger partial charge in [-0.2, -0.15) is 0 Å². The Morgan fingerprint density at radius 1 is 1.10 bits per heavy atom. The van der Waals surface area contributed by atoms with Gasteiger partial charge in [0.05, 0.1) is 0 Å². The van der Waals surface area contributed by atoms with Gasteiger partial charge in [-0.3, -0.25) is 0 Å². The van der Waals surface area contributed by atoms with Gasteiger partial charge in [-0.1, -0.05) is 13.8 Å². The third kappa shape index (κ3) is 0.846. The molecular weight excluding hydrogens is 140 g/mol. The van der Waals surface area contributed by atoms with Crippen LogP contribution in [0.1, 0.15) is 20.3 Å². The molecule has 0 radical (unpaired) electrons. The van der Waals surface area contributed by atoms with Crippen LogP contribution in [-0.2, 0) is 0 Å². The Morgan fingerprint density at radius 2 is 1.50 bits per heavy atom.